The number of carboxylic acid groups (broad SMARTS) is 2. The Morgan fingerprint density at radius 3 is 2.10 bits per heavy atom. The molecule has 2 saturated heterocycles. The molecular formula is C24H27F6N3O6. The van der Waals surface area contributed by atoms with Crippen LogP contribution in [0, 0.1) is 5.41 Å². The molecule has 2 atom stereocenters. The van der Waals surface area contributed by atoms with Gasteiger partial charge < -0.3 is 19.7 Å². The normalized spacial score (nSPS) is 21.2. The van der Waals surface area contributed by atoms with Gasteiger partial charge in [0.15, 0.2) is 0 Å². The largest absolute Gasteiger partial charge is 0.490 e. The first-order chi connectivity index (χ1) is 18.2. The summed E-state index contributed by atoms with van der Waals surface area (Å²) in [5.74, 6) is -4.82. The fourth-order valence-corrected chi connectivity index (χ4v) is 4.10. The zero-order valence-electron chi connectivity index (χ0n) is 20.5. The van der Waals surface area contributed by atoms with Crippen molar-refractivity contribution in [2.75, 3.05) is 26.3 Å². The molecule has 0 aromatic carbocycles. The molecule has 2 N–H and O–H groups in total. The van der Waals surface area contributed by atoms with Crippen molar-refractivity contribution < 1.29 is 55.6 Å². The maximum atomic E-state index is 10.6. The second kappa shape index (κ2) is 14.1. The molecule has 9 nitrogen and oxygen atoms in total. The van der Waals surface area contributed by atoms with Gasteiger partial charge in [0.05, 0.1) is 18.4 Å². The number of aliphatic carboxylic acids is 2. The number of nitrogens with zero attached hydrogens (tertiary/aromatic N) is 3. The predicted molar refractivity (Wildman–Crippen MR) is 123 cm³/mol. The van der Waals surface area contributed by atoms with Crippen LogP contribution in [-0.4, -0.2) is 81.8 Å². The second-order valence-electron chi connectivity index (χ2n) is 8.71. The Hall–Kier alpha value is -3.46. The number of rotatable bonds is 5. The minimum Gasteiger partial charge on any atom is -0.477 e. The molecule has 2 aliphatic heterocycles. The van der Waals surface area contributed by atoms with Gasteiger partial charge in [-0.1, -0.05) is 12.1 Å². The van der Waals surface area contributed by atoms with Crippen LogP contribution < -0.4 is 4.74 Å². The van der Waals surface area contributed by atoms with Crippen molar-refractivity contribution in [3.8, 4) is 5.88 Å². The molecule has 0 saturated carbocycles. The van der Waals surface area contributed by atoms with Crippen LogP contribution in [-0.2, 0) is 20.9 Å². The summed E-state index contributed by atoms with van der Waals surface area (Å²) in [6, 6.07) is 11.9. The number of likely N-dealkylation sites (tertiary alicyclic amines) is 1. The Labute approximate surface area is 219 Å². The molecule has 216 valence electrons. The van der Waals surface area contributed by atoms with Gasteiger partial charge in [0.1, 0.15) is 0 Å². The first-order valence-electron chi connectivity index (χ1n) is 11.6. The van der Waals surface area contributed by atoms with Crippen molar-refractivity contribution in [3.05, 3.63) is 54.5 Å². The van der Waals surface area contributed by atoms with Crippen LogP contribution in [0.3, 0.4) is 0 Å². The van der Waals surface area contributed by atoms with Gasteiger partial charge in [-0.25, -0.2) is 14.6 Å². The molecule has 2 fully saturated rings. The number of carbonyl (C=O) groups is 2. The van der Waals surface area contributed by atoms with Crippen LogP contribution in [0.1, 0.15) is 25.0 Å². The summed E-state index contributed by atoms with van der Waals surface area (Å²) in [6.07, 6.45) is -2.95. The molecule has 2 aliphatic rings. The number of pyridine rings is 2. The average molecular weight is 567 g/mol. The summed E-state index contributed by atoms with van der Waals surface area (Å²) in [6.45, 7) is 4.45. The highest BCUT2D eigenvalue weighted by Gasteiger charge is 2.46. The number of ether oxygens (including phenoxy) is 2. The fraction of sp³-hybridized carbons (Fsp3) is 0.500. The number of aromatic nitrogens is 2. The van der Waals surface area contributed by atoms with Crippen LogP contribution in [0.2, 0.25) is 0 Å². The molecule has 0 bridgehead atoms. The number of halogens is 6. The van der Waals surface area contributed by atoms with Gasteiger partial charge >= 0.3 is 24.3 Å². The molecule has 39 heavy (non-hydrogen) atoms. The van der Waals surface area contributed by atoms with Crippen molar-refractivity contribution >= 4 is 11.9 Å². The topological polar surface area (TPSA) is 122 Å². The molecule has 2 unspecified atom stereocenters. The van der Waals surface area contributed by atoms with E-state index in [0.717, 1.165) is 51.2 Å². The number of alkyl halides is 6. The highest BCUT2D eigenvalue weighted by Crippen LogP contribution is 2.40. The minimum absolute atomic E-state index is 0.0444. The van der Waals surface area contributed by atoms with E-state index in [2.05, 4.69) is 27.0 Å². The molecule has 15 heteroatoms. The fourth-order valence-electron chi connectivity index (χ4n) is 4.10. The van der Waals surface area contributed by atoms with Gasteiger partial charge in [0.2, 0.25) is 5.88 Å². The van der Waals surface area contributed by atoms with Crippen molar-refractivity contribution in [2.45, 2.75) is 44.3 Å². The number of hydrogen-bond donors (Lipinski definition) is 2. The summed E-state index contributed by atoms with van der Waals surface area (Å²) in [5.41, 5.74) is 1.17. The highest BCUT2D eigenvalue weighted by atomic mass is 19.4. The Morgan fingerprint density at radius 2 is 1.59 bits per heavy atom. The van der Waals surface area contributed by atoms with E-state index in [0.29, 0.717) is 12.5 Å². The Morgan fingerprint density at radius 1 is 1.00 bits per heavy atom. The van der Waals surface area contributed by atoms with Crippen molar-refractivity contribution in [1.29, 1.82) is 0 Å². The summed E-state index contributed by atoms with van der Waals surface area (Å²) in [5, 5.41) is 14.2. The maximum Gasteiger partial charge on any atom is 0.490 e. The first-order valence-corrected chi connectivity index (χ1v) is 11.6. The van der Waals surface area contributed by atoms with Gasteiger partial charge in [0.25, 0.3) is 0 Å². The zero-order chi connectivity index (χ0) is 29.1. The smallest absolute Gasteiger partial charge is 0.477 e. The van der Waals surface area contributed by atoms with Crippen LogP contribution >= 0.6 is 0 Å². The molecule has 0 spiro atoms. The molecule has 2 aromatic rings. The standard InChI is InChI=1S/C20H25N3O2.2C2HF3O2/c1-3-10-21-17(6-1)14-23-12-8-18-20(15-23,9-5-13-24-18)16-25-19-7-2-4-11-22-19;2*3-2(4,5)1(6)7/h1-4,6-7,10-11,18H,5,8-9,12-16H2;2*(H,6,7). The third kappa shape index (κ3) is 10.7. The minimum atomic E-state index is -5.08. The SMILES string of the molecule is O=C(O)C(F)(F)F.O=C(O)C(F)(F)F.c1ccc(CN2CCC3OCCCC3(COc3ccccn3)C2)nc1. The number of carboxylic acids is 2. The lowest BCUT2D eigenvalue weighted by Crippen LogP contribution is -2.57. The molecular weight excluding hydrogens is 540 g/mol. The number of fused-ring (bicyclic) bond motifs is 1. The lowest BCUT2D eigenvalue weighted by molar-refractivity contribution is -0.193. The Bertz CT molecular complexity index is 1020. The highest BCUT2D eigenvalue weighted by molar-refractivity contribution is 5.73. The predicted octanol–water partition coefficient (Wildman–Crippen LogP) is 4.19. The lowest BCUT2D eigenvalue weighted by atomic mass is 9.73. The van der Waals surface area contributed by atoms with E-state index in [1.54, 1.807) is 6.20 Å². The molecule has 4 heterocycles. The lowest BCUT2D eigenvalue weighted by Gasteiger charge is -2.50. The van der Waals surface area contributed by atoms with Crippen LogP contribution in [0.5, 0.6) is 5.88 Å². The second-order valence-corrected chi connectivity index (χ2v) is 8.71. The monoisotopic (exact) mass is 567 g/mol. The number of hydrogen-bond acceptors (Lipinski definition) is 7. The van der Waals surface area contributed by atoms with E-state index in [9.17, 15) is 26.3 Å². The Balaban J connectivity index is 0.000000317. The van der Waals surface area contributed by atoms with Crippen LogP contribution in [0.4, 0.5) is 26.3 Å². The van der Waals surface area contributed by atoms with E-state index in [4.69, 9.17) is 29.3 Å². The van der Waals surface area contributed by atoms with E-state index < -0.39 is 24.3 Å². The quantitative estimate of drug-likeness (QED) is 0.512. The van der Waals surface area contributed by atoms with Gasteiger partial charge in [0, 0.05) is 50.1 Å². The Kier molecular flexibility index (Phi) is 11.5. The van der Waals surface area contributed by atoms with Crippen molar-refractivity contribution in [3.63, 3.8) is 0 Å². The third-order valence-corrected chi connectivity index (χ3v) is 5.81. The van der Waals surface area contributed by atoms with E-state index in [1.165, 1.54) is 0 Å². The molecule has 2 aromatic heterocycles. The van der Waals surface area contributed by atoms with Gasteiger partial charge in [-0.15, -0.1) is 0 Å². The van der Waals surface area contributed by atoms with E-state index in [1.807, 2.05) is 30.5 Å². The van der Waals surface area contributed by atoms with Gasteiger partial charge in [-0.2, -0.15) is 26.3 Å². The van der Waals surface area contributed by atoms with E-state index >= 15 is 0 Å². The summed E-state index contributed by atoms with van der Waals surface area (Å²) in [7, 11) is 0. The molecule has 4 rings (SSSR count). The van der Waals surface area contributed by atoms with Crippen molar-refractivity contribution in [1.82, 2.24) is 14.9 Å². The first kappa shape index (κ1) is 31.8. The van der Waals surface area contributed by atoms with Crippen LogP contribution in [0.25, 0.3) is 0 Å². The van der Waals surface area contributed by atoms with Gasteiger partial charge in [-0.05, 0) is 37.5 Å². The summed E-state index contributed by atoms with van der Waals surface area (Å²) in [4.78, 5) is 29.1. The number of piperidine rings is 1. The molecule has 0 aliphatic carbocycles. The summed E-state index contributed by atoms with van der Waals surface area (Å²) >= 11 is 0. The van der Waals surface area contributed by atoms with Crippen molar-refractivity contribution in [2.24, 2.45) is 5.41 Å². The summed E-state index contributed by atoms with van der Waals surface area (Å²) < 4.78 is 75.7. The zero-order valence-corrected chi connectivity index (χ0v) is 20.5. The van der Waals surface area contributed by atoms with Gasteiger partial charge in [-0.3, -0.25) is 9.88 Å². The average Bonchev–Trinajstić information content (AvgIpc) is 2.88. The van der Waals surface area contributed by atoms with Crippen LogP contribution in [0.15, 0.2) is 48.8 Å². The molecule has 0 amide bonds. The maximum absolute atomic E-state index is 10.6. The molecule has 0 radical (unpaired) electrons. The van der Waals surface area contributed by atoms with E-state index in [-0.39, 0.29) is 11.5 Å². The third-order valence-electron chi connectivity index (χ3n) is 5.81.